The Morgan fingerprint density at radius 3 is 2.42 bits per heavy atom. The highest BCUT2D eigenvalue weighted by molar-refractivity contribution is 5.92. The number of ether oxygens (including phenoxy) is 2. The molecule has 0 aliphatic carbocycles. The van der Waals surface area contributed by atoms with E-state index in [-0.39, 0.29) is 6.61 Å². The first-order valence-electron chi connectivity index (χ1n) is 7.80. The van der Waals surface area contributed by atoms with Gasteiger partial charge in [-0.15, -0.1) is 0 Å². The lowest BCUT2D eigenvalue weighted by atomic mass is 10.2. The summed E-state index contributed by atoms with van der Waals surface area (Å²) < 4.78 is 10.9. The number of rotatable bonds is 5. The second-order valence-corrected chi connectivity index (χ2v) is 5.25. The lowest BCUT2D eigenvalue weighted by Gasteiger charge is -2.11. The molecule has 5 heteroatoms. The second-order valence-electron chi connectivity index (χ2n) is 5.25. The van der Waals surface area contributed by atoms with Gasteiger partial charge >= 0.3 is 5.97 Å². The maximum Gasteiger partial charge on any atom is 0.342 e. The van der Waals surface area contributed by atoms with Crippen LogP contribution in [0.3, 0.4) is 0 Å². The smallest absolute Gasteiger partial charge is 0.342 e. The maximum absolute atomic E-state index is 12.3. The van der Waals surface area contributed by atoms with Crippen LogP contribution in [0.25, 0.3) is 11.0 Å². The lowest BCUT2D eigenvalue weighted by molar-refractivity contribution is 0.0462. The average Bonchev–Trinajstić information content (AvgIpc) is 2.60. The number of para-hydroxylation sites is 3. The summed E-state index contributed by atoms with van der Waals surface area (Å²) in [5.41, 5.74) is 3.41. The van der Waals surface area contributed by atoms with Gasteiger partial charge in [0.2, 0.25) is 0 Å². The number of aromatic nitrogens is 2. The van der Waals surface area contributed by atoms with E-state index in [1.807, 2.05) is 44.2 Å². The highest BCUT2D eigenvalue weighted by atomic mass is 16.5. The van der Waals surface area contributed by atoms with E-state index >= 15 is 0 Å². The minimum atomic E-state index is -0.437. The molecule has 0 N–H and O–H groups in total. The Morgan fingerprint density at radius 1 is 1.00 bits per heavy atom. The van der Waals surface area contributed by atoms with E-state index in [0.29, 0.717) is 23.6 Å². The van der Waals surface area contributed by atoms with Crippen molar-refractivity contribution in [3.63, 3.8) is 0 Å². The fraction of sp³-hybridized carbons (Fsp3) is 0.211. The number of esters is 1. The first kappa shape index (κ1) is 15.9. The van der Waals surface area contributed by atoms with Crippen LogP contribution in [-0.4, -0.2) is 22.5 Å². The molecule has 2 aromatic carbocycles. The molecule has 1 heterocycles. The molecule has 0 bridgehead atoms. The summed E-state index contributed by atoms with van der Waals surface area (Å²) in [6.45, 7) is 4.29. The van der Waals surface area contributed by atoms with Crippen molar-refractivity contribution in [3.05, 3.63) is 65.5 Å². The van der Waals surface area contributed by atoms with Crippen molar-refractivity contribution >= 4 is 17.0 Å². The third-order valence-corrected chi connectivity index (χ3v) is 3.59. The van der Waals surface area contributed by atoms with Crippen LogP contribution in [-0.2, 0) is 11.3 Å². The van der Waals surface area contributed by atoms with Gasteiger partial charge in [0.15, 0.2) is 0 Å². The van der Waals surface area contributed by atoms with E-state index in [9.17, 15) is 4.79 Å². The van der Waals surface area contributed by atoms with Crippen LogP contribution in [0, 0.1) is 6.92 Å². The van der Waals surface area contributed by atoms with Crippen LogP contribution in [0.4, 0.5) is 0 Å². The Hall–Kier alpha value is -2.95. The molecule has 0 aliphatic rings. The average molecular weight is 322 g/mol. The van der Waals surface area contributed by atoms with Crippen molar-refractivity contribution in [1.82, 2.24) is 9.97 Å². The standard InChI is InChI=1S/C19H18N2O3/c1-3-23-18-11-7-4-8-14(18)19(22)24-12-17-13(2)20-15-9-5-6-10-16(15)21-17/h4-11H,3,12H2,1-2H3. The largest absolute Gasteiger partial charge is 0.493 e. The molecule has 0 unspecified atom stereocenters. The zero-order chi connectivity index (χ0) is 16.9. The van der Waals surface area contributed by atoms with Crippen molar-refractivity contribution in [2.75, 3.05) is 6.61 Å². The van der Waals surface area contributed by atoms with Gasteiger partial charge in [0, 0.05) is 0 Å². The molecule has 24 heavy (non-hydrogen) atoms. The molecule has 1 aromatic heterocycles. The zero-order valence-corrected chi connectivity index (χ0v) is 13.7. The van der Waals surface area contributed by atoms with Gasteiger partial charge in [-0.3, -0.25) is 0 Å². The lowest BCUT2D eigenvalue weighted by Crippen LogP contribution is -2.10. The molecule has 0 aliphatic heterocycles. The summed E-state index contributed by atoms with van der Waals surface area (Å²) in [7, 11) is 0. The molecule has 0 radical (unpaired) electrons. The summed E-state index contributed by atoms with van der Waals surface area (Å²) in [5.74, 6) is 0.0831. The number of hydrogen-bond donors (Lipinski definition) is 0. The number of aryl methyl sites for hydroxylation is 1. The minimum absolute atomic E-state index is 0.0724. The second kappa shape index (κ2) is 7.08. The quantitative estimate of drug-likeness (QED) is 0.670. The van der Waals surface area contributed by atoms with Crippen molar-refractivity contribution in [1.29, 1.82) is 0 Å². The topological polar surface area (TPSA) is 61.3 Å². The fourth-order valence-electron chi connectivity index (χ4n) is 2.39. The van der Waals surface area contributed by atoms with Crippen LogP contribution in [0.5, 0.6) is 5.75 Å². The molecule has 3 rings (SSSR count). The van der Waals surface area contributed by atoms with Crippen molar-refractivity contribution in [2.24, 2.45) is 0 Å². The third-order valence-electron chi connectivity index (χ3n) is 3.59. The SMILES string of the molecule is CCOc1ccccc1C(=O)OCc1nc2ccccc2nc1C. The summed E-state index contributed by atoms with van der Waals surface area (Å²) in [6.07, 6.45) is 0. The number of hydrogen-bond acceptors (Lipinski definition) is 5. The molecule has 0 saturated heterocycles. The highest BCUT2D eigenvalue weighted by Crippen LogP contribution is 2.20. The maximum atomic E-state index is 12.3. The van der Waals surface area contributed by atoms with Gasteiger partial charge in [-0.2, -0.15) is 0 Å². The Bertz CT molecular complexity index is 877. The van der Waals surface area contributed by atoms with Crippen LogP contribution >= 0.6 is 0 Å². The molecule has 0 saturated carbocycles. The number of carbonyl (C=O) groups is 1. The molecular formula is C19H18N2O3. The summed E-state index contributed by atoms with van der Waals surface area (Å²) in [6, 6.07) is 14.6. The first-order chi connectivity index (χ1) is 11.7. The monoisotopic (exact) mass is 322 g/mol. The molecule has 5 nitrogen and oxygen atoms in total. The number of fused-ring (bicyclic) bond motifs is 1. The van der Waals surface area contributed by atoms with Crippen LogP contribution in [0.2, 0.25) is 0 Å². The third kappa shape index (κ3) is 3.35. The molecule has 122 valence electrons. The van der Waals surface area contributed by atoms with E-state index in [1.54, 1.807) is 18.2 Å². The Morgan fingerprint density at radius 2 is 1.67 bits per heavy atom. The number of benzene rings is 2. The highest BCUT2D eigenvalue weighted by Gasteiger charge is 2.15. The predicted octanol–water partition coefficient (Wildman–Crippen LogP) is 3.69. The molecule has 0 spiro atoms. The van der Waals surface area contributed by atoms with Gasteiger partial charge in [-0.1, -0.05) is 24.3 Å². The summed E-state index contributed by atoms with van der Waals surface area (Å²) in [4.78, 5) is 21.4. The fourth-order valence-corrected chi connectivity index (χ4v) is 2.39. The van der Waals surface area contributed by atoms with E-state index in [1.165, 1.54) is 0 Å². The van der Waals surface area contributed by atoms with E-state index in [0.717, 1.165) is 16.7 Å². The predicted molar refractivity (Wildman–Crippen MR) is 91.0 cm³/mol. The van der Waals surface area contributed by atoms with Crippen LogP contribution in [0.1, 0.15) is 28.7 Å². The van der Waals surface area contributed by atoms with Gasteiger partial charge in [0.05, 0.1) is 29.0 Å². The number of nitrogens with zero attached hydrogens (tertiary/aromatic N) is 2. The van der Waals surface area contributed by atoms with E-state index < -0.39 is 5.97 Å². The van der Waals surface area contributed by atoms with E-state index in [2.05, 4.69) is 9.97 Å². The summed E-state index contributed by atoms with van der Waals surface area (Å²) in [5, 5.41) is 0. The Balaban J connectivity index is 1.78. The Kier molecular flexibility index (Phi) is 4.70. The van der Waals surface area contributed by atoms with Crippen molar-refractivity contribution in [2.45, 2.75) is 20.5 Å². The van der Waals surface area contributed by atoms with Gasteiger partial charge in [-0.05, 0) is 38.1 Å². The van der Waals surface area contributed by atoms with Crippen molar-refractivity contribution in [3.8, 4) is 5.75 Å². The van der Waals surface area contributed by atoms with Crippen molar-refractivity contribution < 1.29 is 14.3 Å². The summed E-state index contributed by atoms with van der Waals surface area (Å²) >= 11 is 0. The van der Waals surface area contributed by atoms with Gasteiger partial charge in [0.1, 0.15) is 17.9 Å². The number of carbonyl (C=O) groups excluding carboxylic acids is 1. The first-order valence-corrected chi connectivity index (χ1v) is 7.80. The molecule has 0 amide bonds. The molecular weight excluding hydrogens is 304 g/mol. The van der Waals surface area contributed by atoms with Crippen LogP contribution < -0.4 is 4.74 Å². The molecule has 3 aromatic rings. The van der Waals surface area contributed by atoms with Crippen LogP contribution in [0.15, 0.2) is 48.5 Å². The van der Waals surface area contributed by atoms with Gasteiger partial charge < -0.3 is 9.47 Å². The van der Waals surface area contributed by atoms with E-state index in [4.69, 9.17) is 9.47 Å². The van der Waals surface area contributed by atoms with Gasteiger partial charge in [0.25, 0.3) is 0 Å². The molecule has 0 fully saturated rings. The van der Waals surface area contributed by atoms with Gasteiger partial charge in [-0.25, -0.2) is 14.8 Å². The minimum Gasteiger partial charge on any atom is -0.493 e. The normalized spacial score (nSPS) is 10.6. The molecule has 0 atom stereocenters. The Labute approximate surface area is 140 Å². The zero-order valence-electron chi connectivity index (χ0n) is 13.7.